The molecule has 0 heterocycles. The van der Waals surface area contributed by atoms with E-state index in [9.17, 15) is 0 Å². The number of rotatable bonds is 2. The second-order valence-electron chi connectivity index (χ2n) is 2.76. The molecule has 0 atom stereocenters. The van der Waals surface area contributed by atoms with E-state index in [4.69, 9.17) is 14.4 Å². The number of hydrogen-bond donors (Lipinski definition) is 4. The van der Waals surface area contributed by atoms with E-state index in [1.54, 1.807) is 0 Å². The van der Waals surface area contributed by atoms with Crippen molar-refractivity contribution in [2.45, 2.75) is 31.7 Å². The van der Waals surface area contributed by atoms with Crippen LogP contribution >= 0.6 is 0 Å². The van der Waals surface area contributed by atoms with E-state index in [0.717, 1.165) is 25.7 Å². The summed E-state index contributed by atoms with van der Waals surface area (Å²) in [5, 5.41) is 0. The molecule has 0 spiro atoms. The zero-order valence-corrected chi connectivity index (χ0v) is 6.75. The van der Waals surface area contributed by atoms with E-state index in [-0.39, 0.29) is 6.04 Å². The highest BCUT2D eigenvalue weighted by atomic mass is 28.4. The maximum absolute atomic E-state index is 8.62. The molecule has 4 N–H and O–H groups in total. The van der Waals surface area contributed by atoms with Crippen LogP contribution in [0, 0.1) is 0 Å². The van der Waals surface area contributed by atoms with Crippen molar-refractivity contribution in [3.8, 4) is 0 Å². The van der Waals surface area contributed by atoms with E-state index < -0.39 is 8.97 Å². The van der Waals surface area contributed by atoms with Gasteiger partial charge < -0.3 is 14.4 Å². The molecule has 0 unspecified atom stereocenters. The minimum Gasteiger partial charge on any atom is -0.377 e. The molecule has 5 heteroatoms. The minimum absolute atomic E-state index is 0.117. The van der Waals surface area contributed by atoms with Crippen molar-refractivity contribution in [2.75, 3.05) is 0 Å². The molecule has 1 aliphatic rings. The molecule has 0 aromatic carbocycles. The fourth-order valence-electron chi connectivity index (χ4n) is 1.34. The summed E-state index contributed by atoms with van der Waals surface area (Å²) in [5.74, 6) is 0. The maximum atomic E-state index is 8.62. The van der Waals surface area contributed by atoms with Gasteiger partial charge in [-0.3, -0.25) is 4.98 Å². The summed E-state index contributed by atoms with van der Waals surface area (Å²) in [5.41, 5.74) is 0. The Morgan fingerprint density at radius 1 is 1.10 bits per heavy atom. The van der Waals surface area contributed by atoms with Crippen LogP contribution in [0.15, 0.2) is 0 Å². The predicted octanol–water partition coefficient (Wildman–Crippen LogP) is -1.07. The van der Waals surface area contributed by atoms with Crippen LogP contribution in [-0.2, 0) is 0 Å². The van der Waals surface area contributed by atoms with Crippen LogP contribution in [0.5, 0.6) is 0 Å². The van der Waals surface area contributed by atoms with Gasteiger partial charge in [-0.15, -0.1) is 0 Å². The Hall–Kier alpha value is 0.0569. The van der Waals surface area contributed by atoms with Crippen LogP contribution in [0.3, 0.4) is 0 Å². The summed E-state index contributed by atoms with van der Waals surface area (Å²) in [6.07, 6.45) is 4.11. The first-order valence-corrected chi connectivity index (χ1v) is 5.37. The zero-order chi connectivity index (χ0) is 7.61. The highest BCUT2D eigenvalue weighted by Gasteiger charge is 2.32. The van der Waals surface area contributed by atoms with Gasteiger partial charge in [0.25, 0.3) is 0 Å². The van der Waals surface area contributed by atoms with Gasteiger partial charge in [-0.05, 0) is 12.8 Å². The first-order chi connectivity index (χ1) is 4.58. The lowest BCUT2D eigenvalue weighted by molar-refractivity contribution is 0.201. The Morgan fingerprint density at radius 3 is 2.00 bits per heavy atom. The Kier molecular flexibility index (Phi) is 2.43. The molecule has 60 valence electrons. The summed E-state index contributed by atoms with van der Waals surface area (Å²) >= 11 is 0. The van der Waals surface area contributed by atoms with E-state index in [2.05, 4.69) is 4.98 Å². The van der Waals surface area contributed by atoms with Gasteiger partial charge in [-0.2, -0.15) is 0 Å². The number of nitrogens with one attached hydrogen (secondary N) is 1. The molecule has 0 radical (unpaired) electrons. The summed E-state index contributed by atoms with van der Waals surface area (Å²) in [4.78, 5) is 28.3. The van der Waals surface area contributed by atoms with Crippen LogP contribution in [0.25, 0.3) is 0 Å². The molecule has 1 aliphatic carbocycles. The summed E-state index contributed by atoms with van der Waals surface area (Å²) in [6.45, 7) is 0. The summed E-state index contributed by atoms with van der Waals surface area (Å²) in [6, 6.07) is 0.117. The smallest absolute Gasteiger partial charge is 0.377 e. The molecule has 0 aliphatic heterocycles. The summed E-state index contributed by atoms with van der Waals surface area (Å²) in [7, 11) is -3.97. The third-order valence-corrected chi connectivity index (χ3v) is 2.55. The van der Waals surface area contributed by atoms with Crippen molar-refractivity contribution in [2.24, 2.45) is 0 Å². The molecular weight excluding hydrogens is 150 g/mol. The lowest BCUT2D eigenvalue weighted by atomic mass is 10.3. The Morgan fingerprint density at radius 2 is 1.60 bits per heavy atom. The second kappa shape index (κ2) is 2.98. The van der Waals surface area contributed by atoms with Gasteiger partial charge in [0.2, 0.25) is 0 Å². The second-order valence-corrected chi connectivity index (χ2v) is 4.32. The molecule has 1 fully saturated rings. The normalized spacial score (nSPS) is 21.9. The van der Waals surface area contributed by atoms with Gasteiger partial charge >= 0.3 is 8.97 Å². The fourth-order valence-corrected chi connectivity index (χ4v) is 2.18. The van der Waals surface area contributed by atoms with Gasteiger partial charge in [-0.1, -0.05) is 12.8 Å². The van der Waals surface area contributed by atoms with Crippen LogP contribution in [0.2, 0.25) is 0 Å². The lowest BCUT2D eigenvalue weighted by Crippen LogP contribution is -2.55. The largest absolute Gasteiger partial charge is 0.588 e. The Bertz CT molecular complexity index is 108. The SMILES string of the molecule is O[Si](O)(O)NC1CCCC1. The van der Waals surface area contributed by atoms with E-state index in [1.807, 2.05) is 0 Å². The topological polar surface area (TPSA) is 72.7 Å². The molecule has 4 nitrogen and oxygen atoms in total. The average Bonchev–Trinajstić information content (AvgIpc) is 2.12. The average molecular weight is 163 g/mol. The van der Waals surface area contributed by atoms with Crippen molar-refractivity contribution in [3.63, 3.8) is 0 Å². The van der Waals surface area contributed by atoms with Gasteiger partial charge in [0.15, 0.2) is 0 Å². The van der Waals surface area contributed by atoms with Crippen molar-refractivity contribution in [3.05, 3.63) is 0 Å². The van der Waals surface area contributed by atoms with Gasteiger partial charge in [-0.25, -0.2) is 0 Å². The standard InChI is InChI=1S/C5H13NO3Si/c7-10(8,9)6-5-3-1-2-4-5/h5-9H,1-4H2. The Labute approximate surface area is 61.0 Å². The maximum Gasteiger partial charge on any atom is 0.588 e. The van der Waals surface area contributed by atoms with Gasteiger partial charge in [0.1, 0.15) is 0 Å². The Balaban J connectivity index is 2.24. The highest BCUT2D eigenvalue weighted by Crippen LogP contribution is 2.17. The molecule has 1 saturated carbocycles. The van der Waals surface area contributed by atoms with Crippen molar-refractivity contribution >= 4 is 8.97 Å². The monoisotopic (exact) mass is 163 g/mol. The molecule has 0 amide bonds. The van der Waals surface area contributed by atoms with E-state index >= 15 is 0 Å². The van der Waals surface area contributed by atoms with Crippen LogP contribution < -0.4 is 4.98 Å². The van der Waals surface area contributed by atoms with Crippen LogP contribution in [0.4, 0.5) is 0 Å². The molecule has 10 heavy (non-hydrogen) atoms. The van der Waals surface area contributed by atoms with Gasteiger partial charge in [0, 0.05) is 6.04 Å². The van der Waals surface area contributed by atoms with Gasteiger partial charge in [0.05, 0.1) is 0 Å². The summed E-state index contributed by atoms with van der Waals surface area (Å²) < 4.78 is 0. The van der Waals surface area contributed by atoms with Crippen molar-refractivity contribution in [1.29, 1.82) is 0 Å². The van der Waals surface area contributed by atoms with Crippen LogP contribution in [0.1, 0.15) is 25.7 Å². The van der Waals surface area contributed by atoms with E-state index in [1.165, 1.54) is 0 Å². The first kappa shape index (κ1) is 8.16. The first-order valence-electron chi connectivity index (χ1n) is 3.53. The zero-order valence-electron chi connectivity index (χ0n) is 5.75. The fraction of sp³-hybridized carbons (Fsp3) is 1.00. The number of hydrogen-bond acceptors (Lipinski definition) is 4. The quantitative estimate of drug-likeness (QED) is 0.391. The van der Waals surface area contributed by atoms with Crippen molar-refractivity contribution < 1.29 is 14.4 Å². The molecular formula is C5H13NO3Si. The third-order valence-electron chi connectivity index (χ3n) is 1.75. The molecule has 0 aromatic rings. The molecule has 0 bridgehead atoms. The van der Waals surface area contributed by atoms with Crippen LogP contribution in [-0.4, -0.2) is 29.4 Å². The molecule has 1 rings (SSSR count). The minimum atomic E-state index is -3.97. The molecule has 0 saturated heterocycles. The molecule has 0 aromatic heterocycles. The van der Waals surface area contributed by atoms with Crippen molar-refractivity contribution in [1.82, 2.24) is 4.98 Å². The lowest BCUT2D eigenvalue weighted by Gasteiger charge is -2.16. The third kappa shape index (κ3) is 2.76. The van der Waals surface area contributed by atoms with E-state index in [0.29, 0.717) is 0 Å². The highest BCUT2D eigenvalue weighted by molar-refractivity contribution is 6.53. The predicted molar refractivity (Wildman–Crippen MR) is 37.8 cm³/mol.